The van der Waals surface area contributed by atoms with Gasteiger partial charge in [0.05, 0.1) is 28.6 Å². The largest absolute Gasteiger partial charge is 0.464 e. The summed E-state index contributed by atoms with van der Waals surface area (Å²) in [5.41, 5.74) is 3.95. The summed E-state index contributed by atoms with van der Waals surface area (Å²) < 4.78 is 8.20. The molecule has 0 spiro atoms. The van der Waals surface area contributed by atoms with E-state index in [4.69, 9.17) is 4.42 Å². The lowest BCUT2D eigenvalue weighted by Gasteiger charge is -2.46. The lowest BCUT2D eigenvalue weighted by molar-refractivity contribution is -0.122. The summed E-state index contributed by atoms with van der Waals surface area (Å²) >= 11 is 0. The van der Waals surface area contributed by atoms with Crippen molar-refractivity contribution in [2.24, 2.45) is 0 Å². The van der Waals surface area contributed by atoms with Crippen molar-refractivity contribution in [2.75, 3.05) is 13.1 Å². The summed E-state index contributed by atoms with van der Waals surface area (Å²) in [6.45, 7) is 2.21. The van der Waals surface area contributed by atoms with Crippen LogP contribution in [0.1, 0.15) is 56.1 Å². The molecule has 2 amide bonds. The molecular weight excluding hydrogens is 450 g/mol. The maximum absolute atomic E-state index is 13.4. The van der Waals surface area contributed by atoms with Gasteiger partial charge in [0.25, 0.3) is 11.8 Å². The van der Waals surface area contributed by atoms with E-state index >= 15 is 0 Å². The smallest absolute Gasteiger partial charge is 0.259 e. The van der Waals surface area contributed by atoms with Gasteiger partial charge in [0.15, 0.2) is 0 Å². The predicted octanol–water partition coefficient (Wildman–Crippen LogP) is 5.67. The lowest BCUT2D eigenvalue weighted by Crippen LogP contribution is -2.50. The Balaban J connectivity index is 1.50. The molecule has 1 N–H and O–H groups in total. The van der Waals surface area contributed by atoms with Crippen LogP contribution in [0, 0.1) is 0 Å². The Morgan fingerprint density at radius 3 is 2.33 bits per heavy atom. The quantitative estimate of drug-likeness (QED) is 0.383. The Hall–Kier alpha value is -3.64. The van der Waals surface area contributed by atoms with Gasteiger partial charge >= 0.3 is 0 Å². The van der Waals surface area contributed by atoms with E-state index in [2.05, 4.69) is 39.2 Å². The number of aromatic nitrogens is 1. The van der Waals surface area contributed by atoms with E-state index in [0.717, 1.165) is 47.8 Å². The fraction of sp³-hybridized carbons (Fsp3) is 0.333. The van der Waals surface area contributed by atoms with Crippen LogP contribution >= 0.6 is 0 Å². The maximum atomic E-state index is 13.4. The molecule has 1 saturated heterocycles. The maximum Gasteiger partial charge on any atom is 0.259 e. The highest BCUT2D eigenvalue weighted by molar-refractivity contribution is 6.50. The van der Waals surface area contributed by atoms with E-state index in [-0.39, 0.29) is 17.5 Å². The zero-order valence-electron chi connectivity index (χ0n) is 20.3. The van der Waals surface area contributed by atoms with E-state index in [1.807, 2.05) is 30.3 Å². The van der Waals surface area contributed by atoms with Gasteiger partial charge in [-0.25, -0.2) is 0 Å². The molecule has 2 fully saturated rings. The highest BCUT2D eigenvalue weighted by Crippen LogP contribution is 2.45. The fourth-order valence-electron chi connectivity index (χ4n) is 6.84. The van der Waals surface area contributed by atoms with Crippen molar-refractivity contribution >= 4 is 44.8 Å². The number of hydrogen-bond donors (Lipinski definition) is 1. The van der Waals surface area contributed by atoms with Crippen molar-refractivity contribution in [3.63, 3.8) is 0 Å². The fourth-order valence-corrected chi connectivity index (χ4v) is 6.84. The number of furan rings is 1. The third-order valence-electron chi connectivity index (χ3n) is 8.46. The van der Waals surface area contributed by atoms with Crippen LogP contribution in [0.5, 0.6) is 0 Å². The summed E-state index contributed by atoms with van der Waals surface area (Å²) in [4.78, 5) is 29.2. The highest BCUT2D eigenvalue weighted by atomic mass is 16.3. The second-order valence-corrected chi connectivity index (χ2v) is 10.3. The molecule has 6 nitrogen and oxygen atoms in total. The molecule has 1 saturated carbocycles. The number of para-hydroxylation sites is 2. The van der Waals surface area contributed by atoms with Gasteiger partial charge in [0.1, 0.15) is 5.58 Å². The normalized spacial score (nSPS) is 20.7. The van der Waals surface area contributed by atoms with Gasteiger partial charge in [-0.3, -0.25) is 19.8 Å². The molecule has 0 bridgehead atoms. The molecular formula is C30H29N3O3. The number of benzene rings is 2. The van der Waals surface area contributed by atoms with Crippen LogP contribution in [0.15, 0.2) is 65.4 Å². The molecule has 1 aliphatic carbocycles. The first kappa shape index (κ1) is 21.6. The van der Waals surface area contributed by atoms with Crippen LogP contribution < -0.4 is 5.32 Å². The third-order valence-corrected chi connectivity index (χ3v) is 8.46. The van der Waals surface area contributed by atoms with Crippen LogP contribution in [-0.2, 0) is 15.3 Å². The monoisotopic (exact) mass is 479 g/mol. The molecule has 7 rings (SSSR count). The summed E-state index contributed by atoms with van der Waals surface area (Å²) in [7, 11) is 0. The van der Waals surface area contributed by atoms with E-state index < -0.39 is 0 Å². The van der Waals surface area contributed by atoms with Gasteiger partial charge in [0, 0.05) is 41.2 Å². The Bertz CT molecular complexity index is 1540. The molecule has 4 heterocycles. The number of nitrogens with zero attached hydrogens (tertiary/aromatic N) is 2. The Labute approximate surface area is 209 Å². The van der Waals surface area contributed by atoms with Gasteiger partial charge in [-0.15, -0.1) is 0 Å². The van der Waals surface area contributed by atoms with Gasteiger partial charge in [-0.2, -0.15) is 0 Å². The first-order valence-corrected chi connectivity index (χ1v) is 13.1. The molecule has 0 atom stereocenters. The number of carbonyl (C=O) groups excluding carboxylic acids is 2. The van der Waals surface area contributed by atoms with Gasteiger partial charge in [0.2, 0.25) is 0 Å². The van der Waals surface area contributed by atoms with Crippen molar-refractivity contribution in [3.8, 4) is 0 Å². The molecule has 2 aromatic heterocycles. The van der Waals surface area contributed by atoms with E-state index in [1.165, 1.54) is 32.1 Å². The van der Waals surface area contributed by atoms with Gasteiger partial charge < -0.3 is 8.98 Å². The molecule has 2 aliphatic heterocycles. The number of rotatable bonds is 4. The van der Waals surface area contributed by atoms with E-state index in [1.54, 1.807) is 6.26 Å². The first-order chi connectivity index (χ1) is 17.7. The number of nitrogens with one attached hydrogen (secondary N) is 1. The molecule has 0 radical (unpaired) electrons. The topological polar surface area (TPSA) is 67.5 Å². The van der Waals surface area contributed by atoms with Gasteiger partial charge in [-0.1, -0.05) is 42.8 Å². The second-order valence-electron chi connectivity index (χ2n) is 10.3. The van der Waals surface area contributed by atoms with Crippen molar-refractivity contribution in [2.45, 2.75) is 50.6 Å². The summed E-state index contributed by atoms with van der Waals surface area (Å²) in [5.74, 6) is -0.719. The summed E-state index contributed by atoms with van der Waals surface area (Å²) in [5, 5.41) is 4.49. The highest BCUT2D eigenvalue weighted by Gasteiger charge is 2.43. The van der Waals surface area contributed by atoms with Crippen molar-refractivity contribution in [1.82, 2.24) is 14.8 Å². The SMILES string of the molecule is O=C1NC(=O)C(c2cccc3ccoc23)=C1c1cn(C2(N3CCCC3)CCCCC2)c2ccccc12. The van der Waals surface area contributed by atoms with E-state index in [9.17, 15) is 9.59 Å². The van der Waals surface area contributed by atoms with Crippen LogP contribution in [0.2, 0.25) is 0 Å². The third kappa shape index (κ3) is 3.07. The van der Waals surface area contributed by atoms with Gasteiger partial charge in [-0.05, 0) is 50.7 Å². The number of hydrogen-bond acceptors (Lipinski definition) is 4. The van der Waals surface area contributed by atoms with Crippen molar-refractivity contribution < 1.29 is 14.0 Å². The lowest BCUT2D eigenvalue weighted by atomic mass is 9.87. The molecule has 182 valence electrons. The summed E-state index contributed by atoms with van der Waals surface area (Å²) in [6.07, 6.45) is 12.1. The number of fused-ring (bicyclic) bond motifs is 2. The Morgan fingerprint density at radius 2 is 1.53 bits per heavy atom. The Morgan fingerprint density at radius 1 is 0.778 bits per heavy atom. The number of likely N-dealkylation sites (tertiary alicyclic amines) is 1. The van der Waals surface area contributed by atoms with Crippen molar-refractivity contribution in [3.05, 3.63) is 72.1 Å². The molecule has 3 aliphatic rings. The van der Waals surface area contributed by atoms with Crippen LogP contribution in [0.3, 0.4) is 0 Å². The molecule has 0 unspecified atom stereocenters. The minimum absolute atomic E-state index is 0.0898. The zero-order chi connectivity index (χ0) is 24.3. The number of carbonyl (C=O) groups is 2. The van der Waals surface area contributed by atoms with Crippen molar-refractivity contribution in [1.29, 1.82) is 0 Å². The van der Waals surface area contributed by atoms with Crippen LogP contribution in [0.4, 0.5) is 0 Å². The molecule has 4 aromatic rings. The minimum atomic E-state index is -0.373. The molecule has 6 heteroatoms. The predicted molar refractivity (Wildman–Crippen MR) is 140 cm³/mol. The second kappa shape index (κ2) is 8.20. The minimum Gasteiger partial charge on any atom is -0.464 e. The average molecular weight is 480 g/mol. The molecule has 2 aromatic carbocycles. The van der Waals surface area contributed by atoms with E-state index in [0.29, 0.717) is 22.3 Å². The van der Waals surface area contributed by atoms with Crippen LogP contribution in [-0.4, -0.2) is 34.4 Å². The average Bonchev–Trinajstić information content (AvgIpc) is 3.70. The zero-order valence-corrected chi connectivity index (χ0v) is 20.3. The number of amides is 2. The van der Waals surface area contributed by atoms with Crippen LogP contribution in [0.25, 0.3) is 33.0 Å². The Kier molecular flexibility index (Phi) is 4.93. The summed E-state index contributed by atoms with van der Waals surface area (Å²) in [6, 6.07) is 15.9. The number of imide groups is 1. The standard InChI is InChI=1S/C30H29N3O3/c34-28-25(22-11-8-9-20-13-18-36-27(20)22)26(29(35)31-28)23-19-33(24-12-3-2-10-21(23)24)30(14-4-1-5-15-30)32-16-6-7-17-32/h2-3,8-13,18-19H,1,4-7,14-17H2,(H,31,34,35). The first-order valence-electron chi connectivity index (χ1n) is 13.1. The molecule has 36 heavy (non-hydrogen) atoms.